The molecule has 0 aromatic heterocycles. The van der Waals surface area contributed by atoms with Gasteiger partial charge in [0, 0.05) is 43.1 Å². The molecule has 2 aliphatic rings. The van der Waals surface area contributed by atoms with Crippen LogP contribution in [-0.2, 0) is 65.6 Å². The standard InChI is InChI=1S/C46H63ClN14O11S2/c1-24-38(65)57-30(20-26-11-13-27(47)14-12-26)42(69)58-31(19-25-7-3-2-4-8-25)41(68)55-29(15-16-35(48)62)40(67)59-32(21-36(49)63)43(70)60-33(23-73-74-24)45(72)61-18-6-10-34(61)44(71)56-28(9-5-17-53-46(51)52)39(66)54-22-37(50)64/h2-4,7-8,11-14,24,28-34H,5-6,9-10,15-23H2,1H3,(H2,48,62)(H2,49,63)(H2,50,64)(H,54,66)(H,55,68)(H,56,71)(H,57,65)(H,58,69)(H,59,67)(H,60,70)(H4,51,52,53)/t24?,28-,29-,30-,31-,32-,33-,34-/m0/s1. The van der Waals surface area contributed by atoms with Crippen molar-refractivity contribution in [2.75, 3.05) is 25.4 Å². The van der Waals surface area contributed by atoms with Crippen molar-refractivity contribution in [3.05, 3.63) is 70.7 Å². The summed E-state index contributed by atoms with van der Waals surface area (Å²) in [6.07, 6.45) is -1.18. The van der Waals surface area contributed by atoms with Crippen LogP contribution in [-0.4, -0.2) is 149 Å². The predicted molar refractivity (Wildman–Crippen MR) is 275 cm³/mol. The van der Waals surface area contributed by atoms with Crippen molar-refractivity contribution in [1.82, 2.24) is 42.1 Å². The van der Waals surface area contributed by atoms with Gasteiger partial charge in [0.1, 0.15) is 42.3 Å². The van der Waals surface area contributed by atoms with Gasteiger partial charge in [0.25, 0.3) is 0 Å². The number of rotatable bonds is 19. The highest BCUT2D eigenvalue weighted by Gasteiger charge is 2.41. The Bertz CT molecular complexity index is 2400. The van der Waals surface area contributed by atoms with E-state index in [4.69, 9.17) is 40.3 Å². The molecule has 2 aromatic rings. The summed E-state index contributed by atoms with van der Waals surface area (Å²) in [4.78, 5) is 154. The zero-order chi connectivity index (χ0) is 54.5. The molecule has 2 saturated heterocycles. The average molecular weight is 1090 g/mol. The third-order valence-electron chi connectivity index (χ3n) is 11.5. The Kier molecular flexibility index (Phi) is 23.7. The minimum absolute atomic E-state index is 0.00689. The van der Waals surface area contributed by atoms with Crippen LogP contribution in [0.3, 0.4) is 0 Å². The maximum atomic E-state index is 14.6. The van der Waals surface area contributed by atoms with Crippen LogP contribution >= 0.6 is 33.2 Å². The molecule has 2 fully saturated rings. The Hall–Kier alpha value is -7.13. The fourth-order valence-corrected chi connectivity index (χ4v) is 10.2. The van der Waals surface area contributed by atoms with Gasteiger partial charge in [-0.2, -0.15) is 0 Å². The van der Waals surface area contributed by atoms with Gasteiger partial charge in [0.2, 0.25) is 65.0 Å². The van der Waals surface area contributed by atoms with E-state index < -0.39 is 138 Å². The Morgan fingerprint density at radius 1 is 0.743 bits per heavy atom. The first-order valence-electron chi connectivity index (χ1n) is 23.5. The van der Waals surface area contributed by atoms with E-state index in [2.05, 4.69) is 42.2 Å². The van der Waals surface area contributed by atoms with Crippen molar-refractivity contribution in [3.8, 4) is 0 Å². The molecule has 4 rings (SSSR count). The van der Waals surface area contributed by atoms with Crippen LogP contribution in [0.4, 0.5) is 0 Å². The van der Waals surface area contributed by atoms with E-state index >= 15 is 0 Å². The fraction of sp³-hybridized carbons (Fsp3) is 0.478. The van der Waals surface area contributed by atoms with Gasteiger partial charge in [-0.15, -0.1) is 0 Å². The van der Waals surface area contributed by atoms with Crippen LogP contribution in [0.25, 0.3) is 0 Å². The summed E-state index contributed by atoms with van der Waals surface area (Å²) in [5.41, 5.74) is 28.2. The molecule has 8 atom stereocenters. The highest BCUT2D eigenvalue weighted by molar-refractivity contribution is 8.77. The van der Waals surface area contributed by atoms with Gasteiger partial charge in [0.05, 0.1) is 18.2 Å². The number of hydrogen-bond acceptors (Lipinski definition) is 14. The summed E-state index contributed by atoms with van der Waals surface area (Å²) in [6.45, 7) is 1.11. The molecule has 0 spiro atoms. The molecule has 2 aromatic carbocycles. The Balaban J connectivity index is 1.72. The smallest absolute Gasteiger partial charge is 0.246 e. The maximum Gasteiger partial charge on any atom is 0.246 e. The fourth-order valence-electron chi connectivity index (χ4n) is 7.74. The predicted octanol–water partition coefficient (Wildman–Crippen LogP) is -3.40. The summed E-state index contributed by atoms with van der Waals surface area (Å²) in [6, 6.07) is 5.08. The summed E-state index contributed by atoms with van der Waals surface area (Å²) < 4.78 is 0. The van der Waals surface area contributed by atoms with Crippen LogP contribution < -0.4 is 65.9 Å². The minimum atomic E-state index is -1.78. The summed E-state index contributed by atoms with van der Waals surface area (Å²) in [5, 5.41) is 17.4. The third-order valence-corrected chi connectivity index (χ3v) is 14.6. The second-order valence-corrected chi connectivity index (χ2v) is 20.6. The summed E-state index contributed by atoms with van der Waals surface area (Å²) in [7, 11) is 1.94. The van der Waals surface area contributed by atoms with Gasteiger partial charge in [-0.3, -0.25) is 57.7 Å². The number of primary amides is 3. The van der Waals surface area contributed by atoms with Crippen molar-refractivity contribution in [3.63, 3.8) is 0 Å². The molecule has 74 heavy (non-hydrogen) atoms. The quantitative estimate of drug-likeness (QED) is 0.0283. The third kappa shape index (κ3) is 19.7. The molecule has 11 amide bonds. The molecular formula is C46H63ClN14O11S2. The van der Waals surface area contributed by atoms with Crippen molar-refractivity contribution >= 4 is 104 Å². The van der Waals surface area contributed by atoms with E-state index in [1.54, 1.807) is 54.6 Å². The topological polar surface area (TPSA) is 418 Å². The number of nitrogens with one attached hydrogen (secondary N) is 7. The molecule has 17 N–H and O–H groups in total. The zero-order valence-electron chi connectivity index (χ0n) is 40.5. The molecule has 0 saturated carbocycles. The van der Waals surface area contributed by atoms with Crippen molar-refractivity contribution in [2.45, 2.75) is 112 Å². The average Bonchev–Trinajstić information content (AvgIpc) is 3.85. The largest absolute Gasteiger partial charge is 0.370 e. The minimum Gasteiger partial charge on any atom is -0.370 e. The van der Waals surface area contributed by atoms with Crippen molar-refractivity contribution < 1.29 is 52.7 Å². The highest BCUT2D eigenvalue weighted by Crippen LogP contribution is 2.29. The van der Waals surface area contributed by atoms with E-state index in [0.717, 1.165) is 21.6 Å². The lowest BCUT2D eigenvalue weighted by atomic mass is 10.0. The maximum absolute atomic E-state index is 14.6. The zero-order valence-corrected chi connectivity index (χ0v) is 42.9. The molecule has 2 heterocycles. The van der Waals surface area contributed by atoms with E-state index in [1.807, 2.05) is 0 Å². The number of carbonyl (C=O) groups is 11. The van der Waals surface area contributed by atoms with Gasteiger partial charge >= 0.3 is 0 Å². The number of likely N-dealkylation sites (tertiary alicyclic amines) is 1. The lowest BCUT2D eigenvalue weighted by Gasteiger charge is -2.30. The number of amides is 11. The first-order valence-corrected chi connectivity index (χ1v) is 26.2. The molecule has 0 bridgehead atoms. The molecule has 0 aliphatic carbocycles. The monoisotopic (exact) mass is 1090 g/mol. The van der Waals surface area contributed by atoms with Gasteiger partial charge in [-0.05, 0) is 62.3 Å². The molecule has 2 aliphatic heterocycles. The number of aliphatic imine (C=N–C) groups is 1. The van der Waals surface area contributed by atoms with Gasteiger partial charge in [-0.25, -0.2) is 0 Å². The highest BCUT2D eigenvalue weighted by atomic mass is 35.5. The van der Waals surface area contributed by atoms with Crippen LogP contribution in [0, 0.1) is 0 Å². The summed E-state index contributed by atoms with van der Waals surface area (Å²) >= 11 is 6.13. The number of carbonyl (C=O) groups excluding carboxylic acids is 11. The number of nitrogens with zero attached hydrogens (tertiary/aromatic N) is 2. The van der Waals surface area contributed by atoms with Crippen molar-refractivity contribution in [1.29, 1.82) is 0 Å². The van der Waals surface area contributed by atoms with Crippen molar-refractivity contribution in [2.24, 2.45) is 33.7 Å². The van der Waals surface area contributed by atoms with E-state index in [0.29, 0.717) is 22.6 Å². The van der Waals surface area contributed by atoms with Gasteiger partial charge in [-0.1, -0.05) is 75.7 Å². The van der Waals surface area contributed by atoms with E-state index in [1.165, 1.54) is 11.8 Å². The number of nitrogens with two attached hydrogens (primary N) is 5. The number of halogens is 1. The van der Waals surface area contributed by atoms with Gasteiger partial charge < -0.3 is 70.8 Å². The van der Waals surface area contributed by atoms with Crippen LogP contribution in [0.5, 0.6) is 0 Å². The second-order valence-electron chi connectivity index (χ2n) is 17.4. The second kappa shape index (κ2) is 29.5. The summed E-state index contributed by atoms with van der Waals surface area (Å²) in [5.74, 6) is -9.99. The Labute approximate surface area is 439 Å². The number of benzene rings is 2. The first kappa shape index (κ1) is 59.4. The Morgan fingerprint density at radius 2 is 1.32 bits per heavy atom. The molecule has 28 heteroatoms. The molecule has 1 unspecified atom stereocenters. The first-order chi connectivity index (χ1) is 35.1. The molecule has 0 radical (unpaired) electrons. The molecule has 402 valence electrons. The van der Waals surface area contributed by atoms with E-state index in [-0.39, 0.29) is 56.9 Å². The lowest BCUT2D eigenvalue weighted by Crippen LogP contribution is -2.61. The SMILES string of the molecule is CC1SSC[C@@H](C(=O)N2CCC[C@H]2C(=O)N[C@@H](CCCN=C(N)N)C(=O)NCC(N)=O)NC(=O)[C@H](CC(N)=O)NC(=O)[C@H](CCC(N)=O)NC(=O)[C@H](Cc2ccccc2)NC(=O)[C@H](Cc2ccc(Cl)cc2)NC1=O. The lowest BCUT2D eigenvalue weighted by molar-refractivity contribution is -0.142. The number of guanidine groups is 1. The molecular weight excluding hydrogens is 1020 g/mol. The van der Waals surface area contributed by atoms with Crippen LogP contribution in [0.2, 0.25) is 5.02 Å². The van der Waals surface area contributed by atoms with E-state index in [9.17, 15) is 52.7 Å². The van der Waals surface area contributed by atoms with Crippen LogP contribution in [0.1, 0.15) is 63.0 Å². The number of hydrogen-bond donors (Lipinski definition) is 12. The molecule has 25 nitrogen and oxygen atoms in total. The van der Waals surface area contributed by atoms with Crippen LogP contribution in [0.15, 0.2) is 59.6 Å². The Morgan fingerprint density at radius 3 is 1.93 bits per heavy atom. The normalized spacial score (nSPS) is 22.6. The van der Waals surface area contributed by atoms with Gasteiger partial charge in [0.15, 0.2) is 5.96 Å².